The topological polar surface area (TPSA) is 41.6 Å². The maximum Gasteiger partial charge on any atom is 0.326 e. The maximum absolute atomic E-state index is 12.9. The van der Waals surface area contributed by atoms with Crippen molar-refractivity contribution < 1.29 is 9.53 Å². The van der Waals surface area contributed by atoms with Crippen LogP contribution in [-0.4, -0.2) is 30.7 Å². The fourth-order valence-electron chi connectivity index (χ4n) is 2.61. The van der Waals surface area contributed by atoms with E-state index < -0.39 is 0 Å². The third kappa shape index (κ3) is 4.07. The molecule has 2 aromatic carbocycles. The van der Waals surface area contributed by atoms with Gasteiger partial charge in [-0.1, -0.05) is 37.7 Å². The van der Waals surface area contributed by atoms with E-state index in [1.165, 1.54) is 0 Å². The summed E-state index contributed by atoms with van der Waals surface area (Å²) >= 11 is 3.51. The van der Waals surface area contributed by atoms with Gasteiger partial charge in [0.15, 0.2) is 0 Å². The van der Waals surface area contributed by atoms with Crippen LogP contribution in [0.25, 0.3) is 0 Å². The zero-order chi connectivity index (χ0) is 17.8. The fraction of sp³-hybridized carbons (Fsp3) is 0.316. The van der Waals surface area contributed by atoms with Crippen LogP contribution < -0.4 is 15.0 Å². The molecule has 0 fully saturated rings. The molecular weight excluding hydrogens is 352 g/mol. The average Bonchev–Trinajstić information content (AvgIpc) is 2.62. The Kier molecular flexibility index (Phi) is 5.81. The summed E-state index contributed by atoms with van der Waals surface area (Å²) in [5.41, 5.74) is 1.76. The van der Waals surface area contributed by atoms with Gasteiger partial charge in [-0.2, -0.15) is 11.8 Å². The Morgan fingerprint density at radius 2 is 1.96 bits per heavy atom. The van der Waals surface area contributed by atoms with Crippen molar-refractivity contribution in [3.05, 3.63) is 42.5 Å². The summed E-state index contributed by atoms with van der Waals surface area (Å²) in [4.78, 5) is 16.8. The SMILES string of the molecule is COc1ccc2c(c1)N(C(=O)NCCSC(C)C)c1ccccc1S2. The molecule has 0 bridgehead atoms. The van der Waals surface area contributed by atoms with Crippen molar-refractivity contribution in [2.45, 2.75) is 28.9 Å². The van der Waals surface area contributed by atoms with Crippen molar-refractivity contribution >= 4 is 40.9 Å². The molecule has 25 heavy (non-hydrogen) atoms. The molecule has 3 rings (SSSR count). The predicted octanol–water partition coefficient (Wildman–Crippen LogP) is 5.15. The first kappa shape index (κ1) is 18.0. The van der Waals surface area contributed by atoms with Gasteiger partial charge in [0.2, 0.25) is 0 Å². The number of thioether (sulfide) groups is 1. The first-order chi connectivity index (χ1) is 12.1. The highest BCUT2D eigenvalue weighted by Crippen LogP contribution is 2.49. The van der Waals surface area contributed by atoms with Crippen molar-refractivity contribution in [1.29, 1.82) is 0 Å². The Hall–Kier alpha value is -1.79. The highest BCUT2D eigenvalue weighted by Gasteiger charge is 2.28. The van der Waals surface area contributed by atoms with Gasteiger partial charge in [0.25, 0.3) is 0 Å². The zero-order valence-electron chi connectivity index (χ0n) is 14.6. The maximum atomic E-state index is 12.9. The third-order valence-electron chi connectivity index (χ3n) is 3.77. The first-order valence-electron chi connectivity index (χ1n) is 8.24. The number of methoxy groups -OCH3 is 1. The molecule has 1 aliphatic rings. The number of rotatable bonds is 5. The number of urea groups is 1. The van der Waals surface area contributed by atoms with Gasteiger partial charge in [-0.25, -0.2) is 4.79 Å². The number of benzene rings is 2. The molecule has 0 saturated heterocycles. The summed E-state index contributed by atoms with van der Waals surface area (Å²) in [6, 6.07) is 13.7. The minimum absolute atomic E-state index is 0.105. The molecule has 0 radical (unpaired) electrons. The second kappa shape index (κ2) is 8.06. The van der Waals surface area contributed by atoms with Crippen molar-refractivity contribution in [2.24, 2.45) is 0 Å². The molecular formula is C19H22N2O2S2. The number of amides is 2. The number of carbonyl (C=O) groups is 1. The molecule has 132 valence electrons. The lowest BCUT2D eigenvalue weighted by molar-refractivity contribution is 0.249. The van der Waals surface area contributed by atoms with Crippen LogP contribution in [0.4, 0.5) is 16.2 Å². The molecule has 2 aromatic rings. The van der Waals surface area contributed by atoms with Gasteiger partial charge >= 0.3 is 6.03 Å². The van der Waals surface area contributed by atoms with E-state index in [1.54, 1.807) is 23.8 Å². The Morgan fingerprint density at radius 1 is 1.20 bits per heavy atom. The summed E-state index contributed by atoms with van der Waals surface area (Å²) < 4.78 is 5.35. The van der Waals surface area contributed by atoms with Gasteiger partial charge in [-0.05, 0) is 29.5 Å². The number of anilines is 2. The highest BCUT2D eigenvalue weighted by molar-refractivity contribution is 8.00. The lowest BCUT2D eigenvalue weighted by Gasteiger charge is -2.31. The van der Waals surface area contributed by atoms with E-state index in [2.05, 4.69) is 19.2 Å². The summed E-state index contributed by atoms with van der Waals surface area (Å²) in [6.07, 6.45) is 0. The Labute approximate surface area is 157 Å². The summed E-state index contributed by atoms with van der Waals surface area (Å²) in [5, 5.41) is 3.61. The van der Waals surface area contributed by atoms with E-state index in [0.717, 1.165) is 32.7 Å². The van der Waals surface area contributed by atoms with Gasteiger partial charge in [-0.3, -0.25) is 4.90 Å². The van der Waals surface area contributed by atoms with E-state index in [4.69, 9.17) is 4.74 Å². The summed E-state index contributed by atoms with van der Waals surface area (Å²) in [7, 11) is 1.64. The predicted molar refractivity (Wildman–Crippen MR) is 107 cm³/mol. The molecule has 1 N–H and O–H groups in total. The number of fused-ring (bicyclic) bond motifs is 2. The Balaban J connectivity index is 1.87. The third-order valence-corrected chi connectivity index (χ3v) is 6.00. The molecule has 0 unspecified atom stereocenters. The zero-order valence-corrected chi connectivity index (χ0v) is 16.2. The molecule has 2 amide bonds. The molecule has 0 saturated carbocycles. The van der Waals surface area contributed by atoms with E-state index in [0.29, 0.717) is 11.8 Å². The number of nitrogens with zero attached hydrogens (tertiary/aromatic N) is 1. The van der Waals surface area contributed by atoms with Crippen LogP contribution in [0, 0.1) is 0 Å². The number of para-hydroxylation sites is 1. The number of hydrogen-bond acceptors (Lipinski definition) is 4. The lowest BCUT2D eigenvalue weighted by Crippen LogP contribution is -2.39. The van der Waals surface area contributed by atoms with Crippen LogP contribution in [0.5, 0.6) is 5.75 Å². The Bertz CT molecular complexity index is 765. The largest absolute Gasteiger partial charge is 0.497 e. The normalized spacial score (nSPS) is 12.6. The minimum atomic E-state index is -0.105. The van der Waals surface area contributed by atoms with Gasteiger partial charge in [0, 0.05) is 28.2 Å². The summed E-state index contributed by atoms with van der Waals surface area (Å²) in [6.45, 7) is 4.97. The van der Waals surface area contributed by atoms with Gasteiger partial charge in [0.1, 0.15) is 5.75 Å². The van der Waals surface area contributed by atoms with Crippen molar-refractivity contribution in [3.8, 4) is 5.75 Å². The second-order valence-corrected chi connectivity index (χ2v) is 8.66. The minimum Gasteiger partial charge on any atom is -0.497 e. The first-order valence-corrected chi connectivity index (χ1v) is 10.1. The van der Waals surface area contributed by atoms with Crippen molar-refractivity contribution in [3.63, 3.8) is 0 Å². The standard InChI is InChI=1S/C19H22N2O2S2/c1-13(2)24-11-10-20-19(22)21-15-6-4-5-7-17(15)25-18-9-8-14(23-3)12-16(18)21/h4-9,12-13H,10-11H2,1-3H3,(H,20,22). The molecule has 0 spiro atoms. The molecule has 1 aliphatic heterocycles. The quantitative estimate of drug-likeness (QED) is 0.735. The van der Waals surface area contributed by atoms with Crippen molar-refractivity contribution in [2.75, 3.05) is 24.3 Å². The lowest BCUT2D eigenvalue weighted by atomic mass is 10.2. The van der Waals surface area contributed by atoms with Crippen molar-refractivity contribution in [1.82, 2.24) is 5.32 Å². The van der Waals surface area contributed by atoms with Gasteiger partial charge in [0.05, 0.1) is 18.5 Å². The molecule has 0 aromatic heterocycles. The van der Waals surface area contributed by atoms with Crippen LogP contribution in [0.15, 0.2) is 52.3 Å². The molecule has 0 atom stereocenters. The van der Waals surface area contributed by atoms with Crippen LogP contribution in [0.2, 0.25) is 0 Å². The van der Waals surface area contributed by atoms with E-state index >= 15 is 0 Å². The Morgan fingerprint density at radius 3 is 2.72 bits per heavy atom. The van der Waals surface area contributed by atoms with Gasteiger partial charge < -0.3 is 10.1 Å². The number of hydrogen-bond donors (Lipinski definition) is 1. The number of carbonyl (C=O) groups excluding carboxylic acids is 1. The van der Waals surface area contributed by atoms with Crippen LogP contribution in [-0.2, 0) is 0 Å². The highest BCUT2D eigenvalue weighted by atomic mass is 32.2. The second-order valence-electron chi connectivity index (χ2n) is 5.89. The van der Waals surface area contributed by atoms with E-state index in [1.807, 2.05) is 54.2 Å². The molecule has 6 heteroatoms. The van der Waals surface area contributed by atoms with Crippen LogP contribution in [0.3, 0.4) is 0 Å². The number of nitrogens with one attached hydrogen (secondary N) is 1. The molecule has 4 nitrogen and oxygen atoms in total. The van der Waals surface area contributed by atoms with Crippen LogP contribution >= 0.6 is 23.5 Å². The van der Waals surface area contributed by atoms with Gasteiger partial charge in [-0.15, -0.1) is 0 Å². The van der Waals surface area contributed by atoms with E-state index in [-0.39, 0.29) is 6.03 Å². The number of ether oxygens (including phenoxy) is 1. The van der Waals surface area contributed by atoms with E-state index in [9.17, 15) is 4.79 Å². The monoisotopic (exact) mass is 374 g/mol. The molecule has 0 aliphatic carbocycles. The fourth-order valence-corrected chi connectivity index (χ4v) is 4.34. The smallest absolute Gasteiger partial charge is 0.326 e. The average molecular weight is 375 g/mol. The molecule has 1 heterocycles. The van der Waals surface area contributed by atoms with Crippen LogP contribution in [0.1, 0.15) is 13.8 Å². The summed E-state index contributed by atoms with van der Waals surface area (Å²) in [5.74, 6) is 1.64.